The fourth-order valence-corrected chi connectivity index (χ4v) is 3.90. The first-order chi connectivity index (χ1) is 10.8. The van der Waals surface area contributed by atoms with E-state index in [1.165, 1.54) is 0 Å². The molecule has 2 aromatic carbocycles. The lowest BCUT2D eigenvalue weighted by Gasteiger charge is -2.10. The molecule has 0 amide bonds. The van der Waals surface area contributed by atoms with Gasteiger partial charge in [-0.2, -0.15) is 0 Å². The quantitative estimate of drug-likeness (QED) is 0.602. The molecule has 0 aromatic heterocycles. The fraction of sp³-hybridized carbons (Fsp3) is 0.250. The molecule has 6 N–H and O–H groups in total. The third-order valence-electron chi connectivity index (χ3n) is 3.54. The van der Waals surface area contributed by atoms with Gasteiger partial charge in [-0.1, -0.05) is 12.1 Å². The van der Waals surface area contributed by atoms with Crippen LogP contribution in [0.15, 0.2) is 36.4 Å². The number of nitrogen functional groups attached to an aromatic ring is 2. The van der Waals surface area contributed by atoms with Gasteiger partial charge in [-0.15, -0.1) is 0 Å². The standard InChI is InChI=1S/C16H22N4O2S/c1-19-15-5-3-11(7-13(15)17)9-23(21,22)10-12-4-6-16(20-2)14(18)8-12/h3-8,19-20H,9-10,17-18H2,1-2H3. The Morgan fingerprint density at radius 2 is 1.22 bits per heavy atom. The van der Waals surface area contributed by atoms with Gasteiger partial charge < -0.3 is 22.1 Å². The summed E-state index contributed by atoms with van der Waals surface area (Å²) in [6.07, 6.45) is 0. The Morgan fingerprint density at radius 1 is 0.826 bits per heavy atom. The smallest absolute Gasteiger partial charge is 0.158 e. The molecule has 0 aliphatic heterocycles. The van der Waals surface area contributed by atoms with Gasteiger partial charge in [0.15, 0.2) is 9.84 Å². The normalized spacial score (nSPS) is 11.2. The van der Waals surface area contributed by atoms with Crippen LogP contribution in [0.5, 0.6) is 0 Å². The predicted molar refractivity (Wildman–Crippen MR) is 97.1 cm³/mol. The Labute approximate surface area is 136 Å². The third-order valence-corrected chi connectivity index (χ3v) is 5.09. The average Bonchev–Trinajstić information content (AvgIpc) is 2.46. The second kappa shape index (κ2) is 6.78. The van der Waals surface area contributed by atoms with Crippen molar-refractivity contribution >= 4 is 32.6 Å². The number of sulfone groups is 1. The molecule has 0 unspecified atom stereocenters. The lowest BCUT2D eigenvalue weighted by molar-refractivity contribution is 0.594. The topological polar surface area (TPSA) is 110 Å². The van der Waals surface area contributed by atoms with Gasteiger partial charge in [0.1, 0.15) is 0 Å². The number of nitrogens with two attached hydrogens (primary N) is 2. The monoisotopic (exact) mass is 334 g/mol. The van der Waals surface area contributed by atoms with Crippen molar-refractivity contribution in [1.82, 2.24) is 0 Å². The molecule has 2 rings (SSSR count). The van der Waals surface area contributed by atoms with Crippen molar-refractivity contribution in [2.45, 2.75) is 11.5 Å². The highest BCUT2D eigenvalue weighted by Gasteiger charge is 2.15. The largest absolute Gasteiger partial charge is 0.397 e. The van der Waals surface area contributed by atoms with Gasteiger partial charge in [-0.25, -0.2) is 8.42 Å². The van der Waals surface area contributed by atoms with Crippen LogP contribution in [0.2, 0.25) is 0 Å². The molecule has 0 aliphatic rings. The summed E-state index contributed by atoms with van der Waals surface area (Å²) in [7, 11) is 0.218. The Morgan fingerprint density at radius 3 is 1.52 bits per heavy atom. The molecule has 0 fully saturated rings. The summed E-state index contributed by atoms with van der Waals surface area (Å²) in [5.41, 5.74) is 15.7. The van der Waals surface area contributed by atoms with Crippen molar-refractivity contribution in [3.63, 3.8) is 0 Å². The van der Waals surface area contributed by atoms with Crippen LogP contribution in [0.25, 0.3) is 0 Å². The molecule has 0 aliphatic carbocycles. The summed E-state index contributed by atoms with van der Waals surface area (Å²) in [5.74, 6) is -0.121. The first-order valence-corrected chi connectivity index (χ1v) is 8.99. The summed E-state index contributed by atoms with van der Waals surface area (Å²) >= 11 is 0. The first kappa shape index (κ1) is 17.0. The zero-order valence-corrected chi connectivity index (χ0v) is 14.1. The number of nitrogens with one attached hydrogen (secondary N) is 2. The summed E-state index contributed by atoms with van der Waals surface area (Å²) in [6.45, 7) is 0. The molecule has 0 heterocycles. The molecule has 23 heavy (non-hydrogen) atoms. The van der Waals surface area contributed by atoms with Gasteiger partial charge >= 0.3 is 0 Å². The molecule has 0 spiro atoms. The molecule has 0 bridgehead atoms. The molecule has 7 heteroatoms. The first-order valence-electron chi connectivity index (χ1n) is 7.17. The number of hydrogen-bond donors (Lipinski definition) is 4. The Hall–Kier alpha value is -2.41. The van der Waals surface area contributed by atoms with Crippen LogP contribution >= 0.6 is 0 Å². The van der Waals surface area contributed by atoms with E-state index in [1.54, 1.807) is 50.5 Å². The predicted octanol–water partition coefficient (Wildman–Crippen LogP) is 2.05. The molecule has 0 atom stereocenters. The van der Waals surface area contributed by atoms with Gasteiger partial charge in [0, 0.05) is 14.1 Å². The number of rotatable bonds is 6. The number of benzene rings is 2. The summed E-state index contributed by atoms with van der Waals surface area (Å²) in [5, 5.41) is 5.90. The van der Waals surface area contributed by atoms with Gasteiger partial charge in [-0.05, 0) is 35.4 Å². The molecule has 2 aromatic rings. The zero-order chi connectivity index (χ0) is 17.0. The molecule has 6 nitrogen and oxygen atoms in total. The van der Waals surface area contributed by atoms with Crippen molar-refractivity contribution in [3.8, 4) is 0 Å². The van der Waals surface area contributed by atoms with Crippen LogP contribution in [-0.4, -0.2) is 22.5 Å². The molecule has 0 radical (unpaired) electrons. The Bertz CT molecular complexity index is 742. The van der Waals surface area contributed by atoms with E-state index in [4.69, 9.17) is 11.5 Å². The maximum atomic E-state index is 12.4. The van der Waals surface area contributed by atoms with Crippen molar-refractivity contribution in [2.24, 2.45) is 0 Å². The lowest BCUT2D eigenvalue weighted by atomic mass is 10.2. The molecule has 0 saturated heterocycles. The second-order valence-electron chi connectivity index (χ2n) is 5.38. The molecular formula is C16H22N4O2S. The minimum Gasteiger partial charge on any atom is -0.397 e. The van der Waals surface area contributed by atoms with Gasteiger partial charge in [0.25, 0.3) is 0 Å². The fourth-order valence-electron chi connectivity index (χ4n) is 2.42. The molecular weight excluding hydrogens is 312 g/mol. The minimum absolute atomic E-state index is 0.0606. The SMILES string of the molecule is CNc1ccc(CS(=O)(=O)Cc2ccc(NC)c(N)c2)cc1N. The maximum absolute atomic E-state index is 12.4. The van der Waals surface area contributed by atoms with Gasteiger partial charge in [0.2, 0.25) is 0 Å². The summed E-state index contributed by atoms with van der Waals surface area (Å²) in [6, 6.07) is 10.4. The Balaban J connectivity index is 2.16. The van der Waals surface area contributed by atoms with Crippen LogP contribution in [0, 0.1) is 0 Å². The van der Waals surface area contributed by atoms with E-state index in [1.807, 2.05) is 0 Å². The van der Waals surface area contributed by atoms with Crippen molar-refractivity contribution in [3.05, 3.63) is 47.5 Å². The highest BCUT2D eigenvalue weighted by atomic mass is 32.2. The Kier molecular flexibility index (Phi) is 5.00. The number of anilines is 4. The van der Waals surface area contributed by atoms with E-state index in [9.17, 15) is 8.42 Å². The van der Waals surface area contributed by atoms with Gasteiger partial charge in [-0.3, -0.25) is 0 Å². The third kappa shape index (κ3) is 4.29. The lowest BCUT2D eigenvalue weighted by Crippen LogP contribution is -2.09. The van der Waals surface area contributed by atoms with E-state index in [-0.39, 0.29) is 11.5 Å². The maximum Gasteiger partial charge on any atom is 0.158 e. The minimum atomic E-state index is -3.31. The van der Waals surface area contributed by atoms with E-state index >= 15 is 0 Å². The van der Waals surface area contributed by atoms with Crippen LogP contribution in [0.4, 0.5) is 22.7 Å². The summed E-state index contributed by atoms with van der Waals surface area (Å²) < 4.78 is 24.8. The second-order valence-corrected chi connectivity index (χ2v) is 7.44. The van der Waals surface area contributed by atoms with Gasteiger partial charge in [0.05, 0.1) is 34.3 Å². The number of hydrogen-bond acceptors (Lipinski definition) is 6. The van der Waals surface area contributed by atoms with Crippen LogP contribution in [-0.2, 0) is 21.3 Å². The van der Waals surface area contributed by atoms with Crippen molar-refractivity contribution < 1.29 is 8.42 Å². The highest BCUT2D eigenvalue weighted by Crippen LogP contribution is 2.23. The van der Waals surface area contributed by atoms with E-state index < -0.39 is 9.84 Å². The molecule has 124 valence electrons. The van der Waals surface area contributed by atoms with E-state index in [0.29, 0.717) is 22.5 Å². The molecule has 0 saturated carbocycles. The van der Waals surface area contributed by atoms with Crippen molar-refractivity contribution in [2.75, 3.05) is 36.2 Å². The highest BCUT2D eigenvalue weighted by molar-refractivity contribution is 7.89. The van der Waals surface area contributed by atoms with Crippen molar-refractivity contribution in [1.29, 1.82) is 0 Å². The van der Waals surface area contributed by atoms with Crippen LogP contribution in [0.3, 0.4) is 0 Å². The average molecular weight is 334 g/mol. The van der Waals surface area contributed by atoms with Crippen LogP contribution in [0.1, 0.15) is 11.1 Å². The summed E-state index contributed by atoms with van der Waals surface area (Å²) in [4.78, 5) is 0. The zero-order valence-electron chi connectivity index (χ0n) is 13.3. The van der Waals surface area contributed by atoms with E-state index in [2.05, 4.69) is 10.6 Å². The van der Waals surface area contributed by atoms with Crippen LogP contribution < -0.4 is 22.1 Å². The van der Waals surface area contributed by atoms with E-state index in [0.717, 1.165) is 11.4 Å².